The van der Waals surface area contributed by atoms with Gasteiger partial charge in [-0.05, 0) is 25.0 Å². The quantitative estimate of drug-likeness (QED) is 0.791. The lowest BCUT2D eigenvalue weighted by Gasteiger charge is -2.11. The maximum atomic E-state index is 11.7. The van der Waals surface area contributed by atoms with Crippen molar-refractivity contribution in [1.29, 1.82) is 0 Å². The molecule has 0 bridgehead atoms. The number of amides is 1. The molecule has 16 heavy (non-hydrogen) atoms. The van der Waals surface area contributed by atoms with Gasteiger partial charge in [-0.2, -0.15) is 0 Å². The van der Waals surface area contributed by atoms with Crippen LogP contribution in [0.25, 0.3) is 0 Å². The molecule has 1 rings (SSSR count). The molecule has 0 aromatic carbocycles. The lowest BCUT2D eigenvalue weighted by molar-refractivity contribution is -0.138. The standard InChI is InChI=1S/C11H14N2O3/c1-3-8-6-12-5-4-9(8)10(14)13-7(2)11(15)16/h4-7H,3H2,1-2H3,(H,13,14)(H,15,16). The minimum atomic E-state index is -1.06. The Hall–Kier alpha value is -1.91. The topological polar surface area (TPSA) is 79.3 Å². The minimum Gasteiger partial charge on any atom is -0.480 e. The van der Waals surface area contributed by atoms with Gasteiger partial charge in [0, 0.05) is 18.0 Å². The van der Waals surface area contributed by atoms with Gasteiger partial charge in [-0.15, -0.1) is 0 Å². The summed E-state index contributed by atoms with van der Waals surface area (Å²) in [5.74, 6) is -1.44. The molecule has 1 amide bonds. The summed E-state index contributed by atoms with van der Waals surface area (Å²) in [6, 6.07) is 0.688. The normalized spacial score (nSPS) is 11.9. The van der Waals surface area contributed by atoms with Gasteiger partial charge in [-0.3, -0.25) is 14.6 Å². The number of pyridine rings is 1. The van der Waals surface area contributed by atoms with Crippen molar-refractivity contribution in [2.24, 2.45) is 0 Å². The molecule has 1 aromatic heterocycles. The highest BCUT2D eigenvalue weighted by molar-refractivity contribution is 5.97. The number of hydrogen-bond donors (Lipinski definition) is 2. The Morgan fingerprint density at radius 2 is 2.25 bits per heavy atom. The van der Waals surface area contributed by atoms with Gasteiger partial charge in [0.15, 0.2) is 0 Å². The number of carboxylic acid groups (broad SMARTS) is 1. The molecule has 1 heterocycles. The Morgan fingerprint density at radius 3 is 2.81 bits per heavy atom. The van der Waals surface area contributed by atoms with E-state index in [4.69, 9.17) is 5.11 Å². The number of aromatic nitrogens is 1. The minimum absolute atomic E-state index is 0.380. The van der Waals surface area contributed by atoms with E-state index in [1.165, 1.54) is 13.1 Å². The Morgan fingerprint density at radius 1 is 1.56 bits per heavy atom. The van der Waals surface area contributed by atoms with Crippen molar-refractivity contribution in [3.05, 3.63) is 29.6 Å². The Bertz CT molecular complexity index is 404. The lowest BCUT2D eigenvalue weighted by atomic mass is 10.1. The average Bonchev–Trinajstić information content (AvgIpc) is 2.28. The van der Waals surface area contributed by atoms with Crippen molar-refractivity contribution in [1.82, 2.24) is 10.3 Å². The maximum Gasteiger partial charge on any atom is 0.325 e. The van der Waals surface area contributed by atoms with Crippen molar-refractivity contribution in [2.45, 2.75) is 26.3 Å². The van der Waals surface area contributed by atoms with E-state index in [2.05, 4.69) is 10.3 Å². The molecule has 2 N–H and O–H groups in total. The van der Waals surface area contributed by atoms with E-state index in [-0.39, 0.29) is 5.91 Å². The van der Waals surface area contributed by atoms with Crippen LogP contribution < -0.4 is 5.32 Å². The van der Waals surface area contributed by atoms with Gasteiger partial charge >= 0.3 is 5.97 Å². The molecule has 0 aliphatic heterocycles. The summed E-state index contributed by atoms with van der Waals surface area (Å²) in [6.45, 7) is 3.33. The first-order valence-electron chi connectivity index (χ1n) is 5.02. The van der Waals surface area contributed by atoms with Gasteiger partial charge in [-0.1, -0.05) is 6.92 Å². The molecule has 0 spiro atoms. The number of carbonyl (C=O) groups excluding carboxylic acids is 1. The lowest BCUT2D eigenvalue weighted by Crippen LogP contribution is -2.38. The second kappa shape index (κ2) is 5.25. The summed E-state index contributed by atoms with van der Waals surface area (Å²) in [7, 11) is 0. The molecule has 0 aliphatic rings. The number of rotatable bonds is 4. The van der Waals surface area contributed by atoms with Crippen molar-refractivity contribution in [3.63, 3.8) is 0 Å². The molecule has 86 valence electrons. The summed E-state index contributed by atoms with van der Waals surface area (Å²) in [5.41, 5.74) is 1.28. The van der Waals surface area contributed by atoms with Gasteiger partial charge in [0.05, 0.1) is 0 Å². The molecule has 0 fully saturated rings. The number of aryl methyl sites for hydroxylation is 1. The van der Waals surface area contributed by atoms with Crippen molar-refractivity contribution in [3.8, 4) is 0 Å². The van der Waals surface area contributed by atoms with Crippen LogP contribution in [0.5, 0.6) is 0 Å². The van der Waals surface area contributed by atoms with Crippen LogP contribution in [0.4, 0.5) is 0 Å². The molecule has 0 aliphatic carbocycles. The zero-order valence-corrected chi connectivity index (χ0v) is 9.23. The first-order valence-corrected chi connectivity index (χ1v) is 5.02. The van der Waals surface area contributed by atoms with Crippen molar-refractivity contribution >= 4 is 11.9 Å². The van der Waals surface area contributed by atoms with Crippen molar-refractivity contribution in [2.75, 3.05) is 0 Å². The Balaban J connectivity index is 2.84. The average molecular weight is 222 g/mol. The van der Waals surface area contributed by atoms with Gasteiger partial charge in [-0.25, -0.2) is 0 Å². The highest BCUT2D eigenvalue weighted by Crippen LogP contribution is 2.07. The van der Waals surface area contributed by atoms with E-state index in [1.807, 2.05) is 6.92 Å². The van der Waals surface area contributed by atoms with Crippen LogP contribution in [-0.2, 0) is 11.2 Å². The van der Waals surface area contributed by atoms with E-state index in [1.54, 1.807) is 12.3 Å². The fourth-order valence-corrected chi connectivity index (χ4v) is 1.27. The highest BCUT2D eigenvalue weighted by Gasteiger charge is 2.16. The fourth-order valence-electron chi connectivity index (χ4n) is 1.27. The Kier molecular flexibility index (Phi) is 3.99. The summed E-state index contributed by atoms with van der Waals surface area (Å²) in [4.78, 5) is 26.2. The molecule has 0 radical (unpaired) electrons. The SMILES string of the molecule is CCc1cnccc1C(=O)NC(C)C(=O)O. The van der Waals surface area contributed by atoms with Gasteiger partial charge in [0.2, 0.25) is 0 Å². The van der Waals surface area contributed by atoms with Crippen LogP contribution in [0.3, 0.4) is 0 Å². The van der Waals surface area contributed by atoms with Gasteiger partial charge < -0.3 is 10.4 Å². The van der Waals surface area contributed by atoms with Crippen LogP contribution in [0.15, 0.2) is 18.5 Å². The molecule has 0 saturated carbocycles. The van der Waals surface area contributed by atoms with Crippen molar-refractivity contribution < 1.29 is 14.7 Å². The number of nitrogens with zero attached hydrogens (tertiary/aromatic N) is 1. The zero-order chi connectivity index (χ0) is 12.1. The first kappa shape index (κ1) is 12.2. The third-order valence-corrected chi connectivity index (χ3v) is 2.25. The predicted octanol–water partition coefficient (Wildman–Crippen LogP) is 0.847. The first-order chi connectivity index (χ1) is 7.56. The summed E-state index contributed by atoms with van der Waals surface area (Å²) in [5, 5.41) is 11.1. The molecule has 1 unspecified atom stereocenters. The van der Waals surface area contributed by atoms with Gasteiger partial charge in [0.25, 0.3) is 5.91 Å². The van der Waals surface area contributed by atoms with Crippen LogP contribution in [0.1, 0.15) is 29.8 Å². The summed E-state index contributed by atoms with van der Waals surface area (Å²) >= 11 is 0. The molecule has 1 aromatic rings. The summed E-state index contributed by atoms with van der Waals surface area (Å²) in [6.07, 6.45) is 3.80. The number of carbonyl (C=O) groups is 2. The second-order valence-corrected chi connectivity index (χ2v) is 3.42. The number of aliphatic carboxylic acids is 1. The van der Waals surface area contributed by atoms with Crippen LogP contribution in [-0.4, -0.2) is 28.0 Å². The van der Waals surface area contributed by atoms with Gasteiger partial charge in [0.1, 0.15) is 6.04 Å². The molecule has 5 heteroatoms. The van der Waals surface area contributed by atoms with Crippen LogP contribution in [0.2, 0.25) is 0 Å². The van der Waals surface area contributed by atoms with Crippen LogP contribution in [0, 0.1) is 0 Å². The molecular formula is C11H14N2O3. The predicted molar refractivity (Wildman–Crippen MR) is 58.2 cm³/mol. The molecule has 0 saturated heterocycles. The highest BCUT2D eigenvalue weighted by atomic mass is 16.4. The van der Waals surface area contributed by atoms with Crippen LogP contribution >= 0.6 is 0 Å². The maximum absolute atomic E-state index is 11.7. The number of hydrogen-bond acceptors (Lipinski definition) is 3. The largest absolute Gasteiger partial charge is 0.480 e. The van der Waals surface area contributed by atoms with E-state index >= 15 is 0 Å². The molecule has 1 atom stereocenters. The van der Waals surface area contributed by atoms with E-state index in [9.17, 15) is 9.59 Å². The second-order valence-electron chi connectivity index (χ2n) is 3.42. The fraction of sp³-hybridized carbons (Fsp3) is 0.364. The Labute approximate surface area is 93.5 Å². The number of carboxylic acids is 1. The molecular weight excluding hydrogens is 208 g/mol. The van der Waals surface area contributed by atoms with E-state index in [0.29, 0.717) is 12.0 Å². The smallest absolute Gasteiger partial charge is 0.325 e. The zero-order valence-electron chi connectivity index (χ0n) is 9.23. The number of nitrogens with one attached hydrogen (secondary N) is 1. The summed E-state index contributed by atoms with van der Waals surface area (Å²) < 4.78 is 0. The monoisotopic (exact) mass is 222 g/mol. The van der Waals surface area contributed by atoms with E-state index in [0.717, 1.165) is 5.56 Å². The van der Waals surface area contributed by atoms with E-state index < -0.39 is 12.0 Å². The molecule has 5 nitrogen and oxygen atoms in total. The third kappa shape index (κ3) is 2.79. The third-order valence-electron chi connectivity index (χ3n) is 2.25.